The molecule has 0 spiro atoms. The zero-order valence-electron chi connectivity index (χ0n) is 14.5. The number of fused-ring (bicyclic) bond motifs is 5. The van der Waals surface area contributed by atoms with E-state index in [-0.39, 0.29) is 11.5 Å². The molecule has 1 fully saturated rings. The van der Waals surface area contributed by atoms with E-state index in [2.05, 4.69) is 38.1 Å². The van der Waals surface area contributed by atoms with Gasteiger partial charge in [-0.1, -0.05) is 31.6 Å². The van der Waals surface area contributed by atoms with Crippen LogP contribution in [0.15, 0.2) is 29.8 Å². The molecule has 3 aliphatic rings. The topological polar surface area (TPSA) is 29.5 Å². The molecule has 0 amide bonds. The van der Waals surface area contributed by atoms with Crippen LogP contribution < -0.4 is 4.74 Å². The first-order valence-electron chi connectivity index (χ1n) is 9.16. The van der Waals surface area contributed by atoms with Crippen molar-refractivity contribution >= 4 is 0 Å². The Hall–Kier alpha value is -1.28. The van der Waals surface area contributed by atoms with E-state index in [0.29, 0.717) is 17.8 Å². The Labute approximate surface area is 139 Å². The fourth-order valence-corrected chi connectivity index (χ4v) is 5.84. The second kappa shape index (κ2) is 5.37. The lowest BCUT2D eigenvalue weighted by atomic mass is 9.54. The Morgan fingerprint density at radius 3 is 2.91 bits per heavy atom. The smallest absolute Gasteiger partial charge is 0.119 e. The van der Waals surface area contributed by atoms with Gasteiger partial charge in [0.2, 0.25) is 0 Å². The van der Waals surface area contributed by atoms with Crippen LogP contribution in [0.4, 0.5) is 0 Å². The second-order valence-corrected chi connectivity index (χ2v) is 7.84. The van der Waals surface area contributed by atoms with Crippen molar-refractivity contribution in [1.82, 2.24) is 0 Å². The summed E-state index contributed by atoms with van der Waals surface area (Å²) in [5.74, 6) is 2.85. The van der Waals surface area contributed by atoms with Gasteiger partial charge >= 0.3 is 0 Å². The molecule has 1 unspecified atom stereocenters. The minimum atomic E-state index is -0.159. The molecule has 0 heterocycles. The number of ether oxygens (including phenoxy) is 1. The zero-order chi connectivity index (χ0) is 16.2. The highest BCUT2D eigenvalue weighted by Gasteiger charge is 2.53. The van der Waals surface area contributed by atoms with E-state index in [9.17, 15) is 5.11 Å². The molecule has 0 bridgehead atoms. The fraction of sp³-hybridized carbons (Fsp3) is 0.619. The minimum absolute atomic E-state index is 0.0688. The molecule has 0 aromatic heterocycles. The van der Waals surface area contributed by atoms with E-state index in [0.717, 1.165) is 31.4 Å². The molecular weight excluding hydrogens is 284 g/mol. The van der Waals surface area contributed by atoms with Gasteiger partial charge in [0.25, 0.3) is 0 Å². The molecule has 1 aromatic carbocycles. The van der Waals surface area contributed by atoms with E-state index in [4.69, 9.17) is 4.74 Å². The van der Waals surface area contributed by atoms with Gasteiger partial charge in [-0.3, -0.25) is 0 Å². The molecule has 2 nitrogen and oxygen atoms in total. The molecule has 1 N–H and O–H groups in total. The minimum Gasteiger partial charge on any atom is -0.497 e. The van der Waals surface area contributed by atoms with Gasteiger partial charge in [0, 0.05) is 5.41 Å². The first kappa shape index (κ1) is 15.3. The van der Waals surface area contributed by atoms with Crippen molar-refractivity contribution in [3.8, 4) is 5.75 Å². The molecule has 0 aliphatic heterocycles. The van der Waals surface area contributed by atoms with E-state index < -0.39 is 0 Å². The molecule has 5 atom stereocenters. The number of aliphatic hydroxyl groups is 1. The lowest BCUT2D eigenvalue weighted by Gasteiger charge is -2.51. The van der Waals surface area contributed by atoms with Gasteiger partial charge in [0.15, 0.2) is 0 Å². The SMILES string of the molecule is CCC12CC[C@@H]3c4ccc(OC)cc4C[C@@H](C)[C@H]3C1=CC[C@@H]2O. The van der Waals surface area contributed by atoms with Crippen LogP contribution in [0.5, 0.6) is 5.75 Å². The van der Waals surface area contributed by atoms with Crippen molar-refractivity contribution in [2.45, 2.75) is 58.0 Å². The summed E-state index contributed by atoms with van der Waals surface area (Å²) in [5, 5.41) is 10.6. The monoisotopic (exact) mass is 312 g/mol. The highest BCUT2D eigenvalue weighted by atomic mass is 16.5. The third kappa shape index (κ3) is 2.04. The molecular formula is C21H28O2. The normalized spacial score (nSPS) is 38.3. The Morgan fingerprint density at radius 2 is 2.17 bits per heavy atom. The van der Waals surface area contributed by atoms with Gasteiger partial charge < -0.3 is 9.84 Å². The molecule has 2 heteroatoms. The molecule has 1 aromatic rings. The number of methoxy groups -OCH3 is 1. The van der Waals surface area contributed by atoms with Gasteiger partial charge in [-0.25, -0.2) is 0 Å². The molecule has 0 saturated heterocycles. The van der Waals surface area contributed by atoms with Crippen molar-refractivity contribution in [1.29, 1.82) is 0 Å². The average molecular weight is 312 g/mol. The van der Waals surface area contributed by atoms with E-state index in [1.165, 1.54) is 17.5 Å². The van der Waals surface area contributed by atoms with Crippen LogP contribution in [-0.2, 0) is 6.42 Å². The Bertz CT molecular complexity index is 647. The summed E-state index contributed by atoms with van der Waals surface area (Å²) >= 11 is 0. The summed E-state index contributed by atoms with van der Waals surface area (Å²) in [6, 6.07) is 6.65. The number of rotatable bonds is 2. The van der Waals surface area contributed by atoms with Gasteiger partial charge in [-0.05, 0) is 73.1 Å². The summed E-state index contributed by atoms with van der Waals surface area (Å²) in [5.41, 5.74) is 4.65. The summed E-state index contributed by atoms with van der Waals surface area (Å²) < 4.78 is 5.42. The molecule has 1 saturated carbocycles. The molecule has 23 heavy (non-hydrogen) atoms. The number of hydrogen-bond donors (Lipinski definition) is 1. The van der Waals surface area contributed by atoms with Crippen LogP contribution in [0, 0.1) is 17.3 Å². The number of hydrogen-bond acceptors (Lipinski definition) is 2. The molecule has 4 rings (SSSR count). The van der Waals surface area contributed by atoms with Crippen molar-refractivity contribution in [2.24, 2.45) is 17.3 Å². The van der Waals surface area contributed by atoms with Gasteiger partial charge in [-0.15, -0.1) is 0 Å². The average Bonchev–Trinajstić information content (AvgIpc) is 2.91. The lowest BCUT2D eigenvalue weighted by Crippen LogP contribution is -2.44. The van der Waals surface area contributed by atoms with Crippen molar-refractivity contribution < 1.29 is 9.84 Å². The highest BCUT2D eigenvalue weighted by molar-refractivity contribution is 5.44. The standard InChI is InChI=1S/C21H28O2/c1-4-21-10-9-17-16-6-5-15(23-3)12-14(16)11-13(2)20(17)18(21)7-8-19(21)22/h5-7,12-13,17,19-20,22H,4,8-11H2,1-3H3/t13-,17-,19+,20-,21?/m1/s1. The Balaban J connectivity index is 1.76. The van der Waals surface area contributed by atoms with Gasteiger partial charge in [0.05, 0.1) is 13.2 Å². The lowest BCUT2D eigenvalue weighted by molar-refractivity contribution is 0.0253. The van der Waals surface area contributed by atoms with E-state index >= 15 is 0 Å². The number of benzene rings is 1. The number of aliphatic hydroxyl groups excluding tert-OH is 1. The van der Waals surface area contributed by atoms with E-state index in [1.54, 1.807) is 12.7 Å². The summed E-state index contributed by atoms with van der Waals surface area (Å²) in [6.07, 6.45) is 7.62. The third-order valence-corrected chi connectivity index (χ3v) is 7.00. The zero-order valence-corrected chi connectivity index (χ0v) is 14.5. The van der Waals surface area contributed by atoms with Crippen LogP contribution in [0.25, 0.3) is 0 Å². The predicted octanol–water partition coefficient (Wildman–Crippen LogP) is 4.47. The Morgan fingerprint density at radius 1 is 1.35 bits per heavy atom. The van der Waals surface area contributed by atoms with Crippen molar-refractivity contribution in [3.05, 3.63) is 41.0 Å². The maximum absolute atomic E-state index is 10.6. The largest absolute Gasteiger partial charge is 0.497 e. The van der Waals surface area contributed by atoms with Crippen LogP contribution in [0.2, 0.25) is 0 Å². The molecule has 3 aliphatic carbocycles. The first-order valence-corrected chi connectivity index (χ1v) is 9.16. The molecule has 124 valence electrons. The van der Waals surface area contributed by atoms with E-state index in [1.807, 2.05) is 0 Å². The van der Waals surface area contributed by atoms with Crippen molar-refractivity contribution in [3.63, 3.8) is 0 Å². The highest BCUT2D eigenvalue weighted by Crippen LogP contribution is 2.61. The van der Waals surface area contributed by atoms with Gasteiger partial charge in [0.1, 0.15) is 5.75 Å². The third-order valence-electron chi connectivity index (χ3n) is 7.00. The van der Waals surface area contributed by atoms with Crippen LogP contribution in [0.1, 0.15) is 56.6 Å². The predicted molar refractivity (Wildman–Crippen MR) is 92.8 cm³/mol. The quantitative estimate of drug-likeness (QED) is 0.817. The summed E-state index contributed by atoms with van der Waals surface area (Å²) in [7, 11) is 1.75. The van der Waals surface area contributed by atoms with Gasteiger partial charge in [-0.2, -0.15) is 0 Å². The summed E-state index contributed by atoms with van der Waals surface area (Å²) in [6.45, 7) is 4.66. The maximum Gasteiger partial charge on any atom is 0.119 e. The van der Waals surface area contributed by atoms with Crippen LogP contribution >= 0.6 is 0 Å². The van der Waals surface area contributed by atoms with Crippen molar-refractivity contribution in [2.75, 3.05) is 7.11 Å². The van der Waals surface area contributed by atoms with Crippen LogP contribution in [0.3, 0.4) is 0 Å². The maximum atomic E-state index is 10.6. The first-order chi connectivity index (χ1) is 11.1. The Kier molecular flexibility index (Phi) is 3.57. The fourth-order valence-electron chi connectivity index (χ4n) is 5.84. The van der Waals surface area contributed by atoms with Crippen LogP contribution in [-0.4, -0.2) is 18.3 Å². The second-order valence-electron chi connectivity index (χ2n) is 7.84. The molecule has 0 radical (unpaired) electrons. The summed E-state index contributed by atoms with van der Waals surface area (Å²) in [4.78, 5) is 0.